The van der Waals surface area contributed by atoms with Gasteiger partial charge in [0, 0.05) is 35.9 Å². The quantitative estimate of drug-likeness (QED) is 0.701. The highest BCUT2D eigenvalue weighted by Gasteiger charge is 2.19. The van der Waals surface area contributed by atoms with E-state index in [1.165, 1.54) is 6.92 Å². The first kappa shape index (κ1) is 16.7. The van der Waals surface area contributed by atoms with Crippen LogP contribution < -0.4 is 5.32 Å². The van der Waals surface area contributed by atoms with E-state index < -0.39 is 0 Å². The third kappa shape index (κ3) is 3.52. The third-order valence-corrected chi connectivity index (χ3v) is 4.13. The number of aryl methyl sites for hydroxylation is 1. The molecule has 0 fully saturated rings. The summed E-state index contributed by atoms with van der Waals surface area (Å²) in [5, 5.41) is 2.89. The predicted octanol–water partition coefficient (Wildman–Crippen LogP) is 3.33. The van der Waals surface area contributed by atoms with Crippen LogP contribution in [-0.2, 0) is 6.54 Å². The maximum absolute atomic E-state index is 12.6. The Kier molecular flexibility index (Phi) is 4.52. The summed E-state index contributed by atoms with van der Waals surface area (Å²) in [5.74, 6) is -0.305. The Hall–Kier alpha value is -3.15. The molecular weight excluding hydrogens is 316 g/mol. The van der Waals surface area contributed by atoms with Crippen molar-refractivity contribution in [2.24, 2.45) is 0 Å². The van der Waals surface area contributed by atoms with Crippen LogP contribution in [-0.4, -0.2) is 26.2 Å². The molecule has 3 rings (SSSR count). The van der Waals surface area contributed by atoms with Crippen molar-refractivity contribution in [1.82, 2.24) is 14.5 Å². The molecule has 0 saturated carbocycles. The van der Waals surface area contributed by atoms with E-state index >= 15 is 0 Å². The molecule has 2 heterocycles. The third-order valence-electron chi connectivity index (χ3n) is 4.13. The number of imidazole rings is 1. The average molecular weight is 336 g/mol. The van der Waals surface area contributed by atoms with E-state index in [9.17, 15) is 9.59 Å². The zero-order chi connectivity index (χ0) is 18.0. The maximum Gasteiger partial charge on any atom is 0.272 e. The van der Waals surface area contributed by atoms with E-state index in [0.717, 1.165) is 5.56 Å². The van der Waals surface area contributed by atoms with Crippen molar-refractivity contribution in [3.63, 3.8) is 0 Å². The Morgan fingerprint density at radius 3 is 2.72 bits per heavy atom. The topological polar surface area (TPSA) is 79.8 Å². The Morgan fingerprint density at radius 1 is 1.28 bits per heavy atom. The number of hydrogen-bond donors (Lipinski definition) is 2. The van der Waals surface area contributed by atoms with Crippen molar-refractivity contribution in [3.05, 3.63) is 71.1 Å². The number of amides is 1. The van der Waals surface area contributed by atoms with Crippen LogP contribution >= 0.6 is 0 Å². The minimum absolute atomic E-state index is 0.0485. The first-order chi connectivity index (χ1) is 12.0. The van der Waals surface area contributed by atoms with Gasteiger partial charge in [-0.3, -0.25) is 9.59 Å². The van der Waals surface area contributed by atoms with Crippen LogP contribution in [0.4, 0.5) is 5.69 Å². The molecule has 1 aromatic carbocycles. The Bertz CT molecular complexity index is 923. The van der Waals surface area contributed by atoms with Gasteiger partial charge in [-0.15, -0.1) is 0 Å². The number of nitrogens with one attached hydrogen (secondary N) is 2. The SMILES string of the molecule is CC(=O)c1c(C)[nH]c(C(=O)Nc2cccc(Cn3ccnc3)c2)c1C. The number of ketones is 1. The first-order valence-electron chi connectivity index (χ1n) is 8.02. The first-order valence-corrected chi connectivity index (χ1v) is 8.02. The highest BCUT2D eigenvalue weighted by Crippen LogP contribution is 2.20. The molecule has 0 saturated heterocycles. The summed E-state index contributed by atoms with van der Waals surface area (Å²) in [7, 11) is 0. The molecule has 0 atom stereocenters. The summed E-state index contributed by atoms with van der Waals surface area (Å²) in [5.41, 5.74) is 4.15. The summed E-state index contributed by atoms with van der Waals surface area (Å²) in [4.78, 5) is 31.3. The number of aromatic nitrogens is 3. The molecule has 2 aromatic heterocycles. The fourth-order valence-corrected chi connectivity index (χ4v) is 3.04. The number of carbonyl (C=O) groups is 2. The van der Waals surface area contributed by atoms with Crippen LogP contribution in [0.5, 0.6) is 0 Å². The van der Waals surface area contributed by atoms with Gasteiger partial charge in [-0.05, 0) is 44.0 Å². The van der Waals surface area contributed by atoms with Crippen LogP contribution in [0.3, 0.4) is 0 Å². The number of rotatable bonds is 5. The maximum atomic E-state index is 12.6. The highest BCUT2D eigenvalue weighted by molar-refractivity contribution is 6.07. The number of carbonyl (C=O) groups excluding carboxylic acids is 2. The van der Waals surface area contributed by atoms with Gasteiger partial charge in [0.05, 0.1) is 6.33 Å². The molecule has 6 nitrogen and oxygen atoms in total. The molecular formula is C19H20N4O2. The lowest BCUT2D eigenvalue weighted by atomic mass is 10.1. The van der Waals surface area contributed by atoms with E-state index in [1.807, 2.05) is 35.0 Å². The summed E-state index contributed by atoms with van der Waals surface area (Å²) in [6.07, 6.45) is 5.37. The molecule has 0 spiro atoms. The van der Waals surface area contributed by atoms with Crippen molar-refractivity contribution in [3.8, 4) is 0 Å². The fraction of sp³-hybridized carbons (Fsp3) is 0.211. The monoisotopic (exact) mass is 336 g/mol. The van der Waals surface area contributed by atoms with Gasteiger partial charge < -0.3 is 14.9 Å². The Labute approximate surface area is 145 Å². The minimum atomic E-state index is -0.257. The summed E-state index contributed by atoms with van der Waals surface area (Å²) in [6, 6.07) is 7.66. The van der Waals surface area contributed by atoms with Crippen molar-refractivity contribution in [2.45, 2.75) is 27.3 Å². The van der Waals surface area contributed by atoms with Crippen molar-refractivity contribution in [2.75, 3.05) is 5.32 Å². The van der Waals surface area contributed by atoms with Crippen molar-refractivity contribution in [1.29, 1.82) is 0 Å². The molecule has 0 unspecified atom stereocenters. The van der Waals surface area contributed by atoms with E-state index in [-0.39, 0.29) is 11.7 Å². The van der Waals surface area contributed by atoms with E-state index in [1.54, 1.807) is 26.4 Å². The molecule has 3 aromatic rings. The van der Waals surface area contributed by atoms with E-state index in [0.29, 0.717) is 34.7 Å². The lowest BCUT2D eigenvalue weighted by Gasteiger charge is -2.08. The normalized spacial score (nSPS) is 10.7. The van der Waals surface area contributed by atoms with Gasteiger partial charge in [-0.2, -0.15) is 0 Å². The molecule has 1 amide bonds. The van der Waals surface area contributed by atoms with Gasteiger partial charge >= 0.3 is 0 Å². The number of benzene rings is 1. The van der Waals surface area contributed by atoms with Gasteiger partial charge in [0.15, 0.2) is 5.78 Å². The molecule has 0 radical (unpaired) electrons. The van der Waals surface area contributed by atoms with Crippen LogP contribution in [0.1, 0.15) is 44.6 Å². The largest absolute Gasteiger partial charge is 0.354 e. The fourth-order valence-electron chi connectivity index (χ4n) is 3.04. The number of H-pyrrole nitrogens is 1. The Morgan fingerprint density at radius 2 is 2.08 bits per heavy atom. The second kappa shape index (κ2) is 6.76. The van der Waals surface area contributed by atoms with Crippen LogP contribution in [0.2, 0.25) is 0 Å². The molecule has 0 bridgehead atoms. The second-order valence-corrected chi connectivity index (χ2v) is 6.07. The highest BCUT2D eigenvalue weighted by atomic mass is 16.2. The van der Waals surface area contributed by atoms with Gasteiger partial charge in [-0.25, -0.2) is 4.98 Å². The number of Topliss-reactive ketones (excluding diaryl/α,β-unsaturated/α-hetero) is 1. The van der Waals surface area contributed by atoms with Gasteiger partial charge in [0.2, 0.25) is 0 Å². The van der Waals surface area contributed by atoms with Crippen molar-refractivity contribution >= 4 is 17.4 Å². The number of aromatic amines is 1. The lowest BCUT2D eigenvalue weighted by Crippen LogP contribution is -2.14. The number of anilines is 1. The summed E-state index contributed by atoms with van der Waals surface area (Å²) >= 11 is 0. The molecule has 25 heavy (non-hydrogen) atoms. The zero-order valence-corrected chi connectivity index (χ0v) is 14.5. The zero-order valence-electron chi connectivity index (χ0n) is 14.5. The molecule has 128 valence electrons. The molecule has 6 heteroatoms. The molecule has 0 aliphatic rings. The molecule has 0 aliphatic carbocycles. The van der Waals surface area contributed by atoms with Crippen LogP contribution in [0, 0.1) is 13.8 Å². The lowest BCUT2D eigenvalue weighted by molar-refractivity contribution is 0.101. The van der Waals surface area contributed by atoms with Gasteiger partial charge in [0.25, 0.3) is 5.91 Å². The number of nitrogens with zero attached hydrogens (tertiary/aromatic N) is 2. The van der Waals surface area contributed by atoms with Gasteiger partial charge in [0.1, 0.15) is 5.69 Å². The van der Waals surface area contributed by atoms with E-state index in [2.05, 4.69) is 15.3 Å². The standard InChI is InChI=1S/C19H20N4O2/c1-12-17(14(3)24)13(2)21-18(12)19(25)22-16-6-4-5-15(9-16)10-23-8-7-20-11-23/h4-9,11,21H,10H2,1-3H3,(H,22,25). The second-order valence-electron chi connectivity index (χ2n) is 6.07. The van der Waals surface area contributed by atoms with Crippen LogP contribution in [0.15, 0.2) is 43.0 Å². The molecule has 2 N–H and O–H groups in total. The average Bonchev–Trinajstić information content (AvgIpc) is 3.15. The summed E-state index contributed by atoms with van der Waals surface area (Å²) < 4.78 is 1.96. The Balaban J connectivity index is 1.80. The number of hydrogen-bond acceptors (Lipinski definition) is 3. The molecule has 0 aliphatic heterocycles. The minimum Gasteiger partial charge on any atom is -0.354 e. The van der Waals surface area contributed by atoms with Crippen LogP contribution in [0.25, 0.3) is 0 Å². The predicted molar refractivity (Wildman–Crippen MR) is 96.0 cm³/mol. The van der Waals surface area contributed by atoms with E-state index in [4.69, 9.17) is 0 Å². The summed E-state index contributed by atoms with van der Waals surface area (Å²) in [6.45, 7) is 5.76. The van der Waals surface area contributed by atoms with Crippen molar-refractivity contribution < 1.29 is 9.59 Å². The van der Waals surface area contributed by atoms with Gasteiger partial charge in [-0.1, -0.05) is 12.1 Å². The smallest absolute Gasteiger partial charge is 0.272 e.